The van der Waals surface area contributed by atoms with E-state index in [4.69, 9.17) is 4.74 Å². The molecule has 0 aliphatic heterocycles. The number of fused-ring (bicyclic) bond motifs is 5. The molecule has 2 fully saturated rings. The standard InChI is InChI=1S/C28H32INO4/c1-17(31)28(34-25(33)30-20-7-5-19(29)6-8-20)15-12-24-22-9-4-18-16-21(32)10-13-26(18,2)23(22)11-14-27(24,28)3/h4-9,16,22-24H,10-15H2,1-3H3,(H,30,33)/t22-,23+,24+,26+,27+,28+/m1/s1. The Morgan fingerprint density at radius 2 is 1.76 bits per heavy atom. The molecule has 5 nitrogen and oxygen atoms in total. The number of allylic oxidation sites excluding steroid dienone is 4. The van der Waals surface area contributed by atoms with Gasteiger partial charge in [-0.3, -0.25) is 14.9 Å². The van der Waals surface area contributed by atoms with Crippen LogP contribution in [0.25, 0.3) is 0 Å². The lowest BCUT2D eigenvalue weighted by Gasteiger charge is -2.57. The van der Waals surface area contributed by atoms with E-state index in [1.807, 2.05) is 30.3 Å². The summed E-state index contributed by atoms with van der Waals surface area (Å²) in [7, 11) is 0. The second-order valence-corrected chi connectivity index (χ2v) is 12.3. The van der Waals surface area contributed by atoms with E-state index in [1.165, 1.54) is 0 Å². The summed E-state index contributed by atoms with van der Waals surface area (Å²) in [4.78, 5) is 38.2. The molecule has 1 aromatic rings. The van der Waals surface area contributed by atoms with Crippen molar-refractivity contribution in [3.8, 4) is 0 Å². The summed E-state index contributed by atoms with van der Waals surface area (Å²) in [6.07, 6.45) is 10.4. The SMILES string of the molecule is CC(=O)[C@@]1(OC(=O)Nc2ccc(I)cc2)CC[C@H]2[C@@H]3C=CC4=CC(=O)CC[C@]4(C)[C@H]3CC[C@@]21C. The van der Waals surface area contributed by atoms with Gasteiger partial charge >= 0.3 is 6.09 Å². The van der Waals surface area contributed by atoms with Crippen LogP contribution in [0.15, 0.2) is 48.1 Å². The molecule has 5 rings (SSSR count). The first-order valence-corrected chi connectivity index (χ1v) is 13.4. The van der Waals surface area contributed by atoms with Gasteiger partial charge in [0.1, 0.15) is 0 Å². The lowest BCUT2D eigenvalue weighted by Crippen LogP contribution is -2.58. The average Bonchev–Trinajstić information content (AvgIpc) is 3.09. The number of halogens is 1. The second kappa shape index (κ2) is 8.32. The Morgan fingerprint density at radius 1 is 1.06 bits per heavy atom. The van der Waals surface area contributed by atoms with Crippen molar-refractivity contribution < 1.29 is 19.1 Å². The maximum Gasteiger partial charge on any atom is 0.412 e. The number of ether oxygens (including phenoxy) is 1. The van der Waals surface area contributed by atoms with Crippen LogP contribution in [-0.4, -0.2) is 23.3 Å². The normalized spacial score (nSPS) is 38.3. The van der Waals surface area contributed by atoms with Crippen molar-refractivity contribution in [3.63, 3.8) is 0 Å². The van der Waals surface area contributed by atoms with Crippen molar-refractivity contribution in [2.24, 2.45) is 28.6 Å². The minimum absolute atomic E-state index is 0.000808. The van der Waals surface area contributed by atoms with Crippen LogP contribution < -0.4 is 5.32 Å². The topological polar surface area (TPSA) is 72.5 Å². The molecule has 2 saturated carbocycles. The highest BCUT2D eigenvalue weighted by atomic mass is 127. The minimum Gasteiger partial charge on any atom is -0.434 e. The van der Waals surface area contributed by atoms with Gasteiger partial charge in [0, 0.05) is 21.1 Å². The Bertz CT molecular complexity index is 1110. The van der Waals surface area contributed by atoms with E-state index < -0.39 is 17.1 Å². The fourth-order valence-corrected chi connectivity index (χ4v) is 8.01. The number of rotatable bonds is 3. The van der Waals surface area contributed by atoms with Crippen LogP contribution in [0.1, 0.15) is 59.3 Å². The molecule has 1 N–H and O–H groups in total. The van der Waals surface area contributed by atoms with E-state index in [0.717, 1.165) is 34.8 Å². The summed E-state index contributed by atoms with van der Waals surface area (Å²) in [6.45, 7) is 6.04. The smallest absolute Gasteiger partial charge is 0.412 e. The minimum atomic E-state index is -1.12. The van der Waals surface area contributed by atoms with Crippen molar-refractivity contribution in [2.45, 2.75) is 64.9 Å². The molecule has 0 aromatic heterocycles. The van der Waals surface area contributed by atoms with E-state index in [0.29, 0.717) is 30.4 Å². The first-order valence-electron chi connectivity index (χ1n) is 12.3. The van der Waals surface area contributed by atoms with Crippen LogP contribution in [0, 0.1) is 32.2 Å². The van der Waals surface area contributed by atoms with Crippen LogP contribution in [0.4, 0.5) is 10.5 Å². The molecule has 6 atom stereocenters. The summed E-state index contributed by atoms with van der Waals surface area (Å²) in [6, 6.07) is 7.51. The van der Waals surface area contributed by atoms with E-state index in [1.54, 1.807) is 6.92 Å². The number of amides is 1. The number of hydrogen-bond donors (Lipinski definition) is 1. The molecule has 4 aliphatic carbocycles. The van der Waals surface area contributed by atoms with E-state index in [9.17, 15) is 14.4 Å². The molecule has 4 aliphatic rings. The number of hydrogen-bond acceptors (Lipinski definition) is 4. The largest absolute Gasteiger partial charge is 0.434 e. The van der Waals surface area contributed by atoms with E-state index >= 15 is 0 Å². The molecule has 0 unspecified atom stereocenters. The summed E-state index contributed by atoms with van der Waals surface area (Å²) in [5.41, 5.74) is 0.276. The molecule has 180 valence electrons. The highest BCUT2D eigenvalue weighted by molar-refractivity contribution is 14.1. The van der Waals surface area contributed by atoms with Gasteiger partial charge < -0.3 is 4.74 Å². The van der Waals surface area contributed by atoms with Crippen molar-refractivity contribution in [3.05, 3.63) is 51.6 Å². The first-order chi connectivity index (χ1) is 16.1. The third-order valence-electron chi connectivity index (χ3n) is 9.56. The maximum absolute atomic E-state index is 13.2. The van der Waals surface area contributed by atoms with Gasteiger partial charge in [0.25, 0.3) is 0 Å². The highest BCUT2D eigenvalue weighted by Gasteiger charge is 2.67. The number of carbonyl (C=O) groups is 3. The summed E-state index contributed by atoms with van der Waals surface area (Å²) in [5, 5.41) is 2.82. The second-order valence-electron chi connectivity index (χ2n) is 11.0. The van der Waals surface area contributed by atoms with Gasteiger partial charge in [-0.05, 0) is 121 Å². The number of nitrogens with one attached hydrogen (secondary N) is 1. The third-order valence-corrected chi connectivity index (χ3v) is 10.3. The zero-order valence-electron chi connectivity index (χ0n) is 20.0. The molecule has 0 heterocycles. The lowest BCUT2D eigenvalue weighted by molar-refractivity contribution is -0.156. The van der Waals surface area contributed by atoms with Crippen molar-refractivity contribution >= 4 is 45.9 Å². The number of carbonyl (C=O) groups excluding carboxylic acids is 3. The quantitative estimate of drug-likeness (QED) is 0.421. The molecule has 34 heavy (non-hydrogen) atoms. The molecule has 1 amide bonds. The van der Waals surface area contributed by atoms with Gasteiger partial charge in [0.05, 0.1) is 0 Å². The van der Waals surface area contributed by atoms with Gasteiger partial charge in [0.15, 0.2) is 17.2 Å². The van der Waals surface area contributed by atoms with Crippen molar-refractivity contribution in [1.29, 1.82) is 0 Å². The Kier molecular flexibility index (Phi) is 5.81. The Labute approximate surface area is 214 Å². The number of Topliss-reactive ketones (excluding diaryl/α,β-unsaturated/α-hetero) is 1. The fraction of sp³-hybridized carbons (Fsp3) is 0.536. The van der Waals surface area contributed by atoms with Gasteiger partial charge in [-0.15, -0.1) is 0 Å². The Balaban J connectivity index is 1.43. The molecule has 0 bridgehead atoms. The molecule has 0 spiro atoms. The Morgan fingerprint density at radius 3 is 2.47 bits per heavy atom. The number of anilines is 1. The van der Waals surface area contributed by atoms with Crippen LogP contribution in [0.3, 0.4) is 0 Å². The summed E-state index contributed by atoms with van der Waals surface area (Å²) in [5.74, 6) is 1.17. The van der Waals surface area contributed by atoms with Crippen molar-refractivity contribution in [2.75, 3.05) is 5.32 Å². The van der Waals surface area contributed by atoms with Gasteiger partial charge in [-0.25, -0.2) is 4.79 Å². The summed E-state index contributed by atoms with van der Waals surface area (Å²) < 4.78 is 7.19. The molecule has 0 radical (unpaired) electrons. The van der Waals surface area contributed by atoms with Crippen molar-refractivity contribution in [1.82, 2.24) is 0 Å². The van der Waals surface area contributed by atoms with Gasteiger partial charge in [0.2, 0.25) is 0 Å². The summed E-state index contributed by atoms with van der Waals surface area (Å²) >= 11 is 2.22. The predicted molar refractivity (Wildman–Crippen MR) is 139 cm³/mol. The first kappa shape index (κ1) is 23.8. The van der Waals surface area contributed by atoms with Crippen LogP contribution >= 0.6 is 22.6 Å². The van der Waals surface area contributed by atoms with Crippen LogP contribution in [0.2, 0.25) is 0 Å². The molecular weight excluding hydrogens is 541 g/mol. The molecular formula is C28H32INO4. The fourth-order valence-electron chi connectivity index (χ4n) is 7.65. The third kappa shape index (κ3) is 3.50. The average molecular weight is 573 g/mol. The monoisotopic (exact) mass is 573 g/mol. The highest BCUT2D eigenvalue weighted by Crippen LogP contribution is 2.67. The number of ketones is 2. The molecule has 1 aromatic carbocycles. The van der Waals surface area contributed by atoms with E-state index in [-0.39, 0.29) is 22.9 Å². The number of benzene rings is 1. The Hall–Kier alpha value is -1.96. The van der Waals surface area contributed by atoms with Crippen LogP contribution in [-0.2, 0) is 14.3 Å². The van der Waals surface area contributed by atoms with E-state index in [2.05, 4.69) is 53.9 Å². The zero-order chi connectivity index (χ0) is 24.3. The lowest BCUT2D eigenvalue weighted by atomic mass is 9.48. The van der Waals surface area contributed by atoms with Gasteiger partial charge in [-0.2, -0.15) is 0 Å². The van der Waals surface area contributed by atoms with Gasteiger partial charge in [-0.1, -0.05) is 26.0 Å². The molecule has 0 saturated heterocycles. The van der Waals surface area contributed by atoms with Crippen LogP contribution in [0.5, 0.6) is 0 Å². The predicted octanol–water partition coefficient (Wildman–Crippen LogP) is 6.48. The molecule has 6 heteroatoms. The zero-order valence-corrected chi connectivity index (χ0v) is 22.2. The maximum atomic E-state index is 13.2.